The first kappa shape index (κ1) is 16.1. The van der Waals surface area contributed by atoms with E-state index >= 15 is 0 Å². The van der Waals surface area contributed by atoms with Gasteiger partial charge in [-0.15, -0.1) is 0 Å². The van der Waals surface area contributed by atoms with Crippen molar-refractivity contribution < 1.29 is 14.1 Å². The summed E-state index contributed by atoms with van der Waals surface area (Å²) in [6.07, 6.45) is 2.56. The number of rotatable bonds is 3. The highest BCUT2D eigenvalue weighted by molar-refractivity contribution is 5.85. The highest BCUT2D eigenvalue weighted by Crippen LogP contribution is 2.39. The molecule has 1 amide bonds. The van der Waals surface area contributed by atoms with Gasteiger partial charge in [-0.25, -0.2) is 0 Å². The molecule has 3 heterocycles. The van der Waals surface area contributed by atoms with Crippen molar-refractivity contribution in [1.29, 1.82) is 0 Å². The number of para-hydroxylation sites is 1. The second-order valence-corrected chi connectivity index (χ2v) is 7.06. The molecular weight excluding hydrogens is 318 g/mol. The van der Waals surface area contributed by atoms with Crippen LogP contribution in [0.15, 0.2) is 28.8 Å². The topological polar surface area (TPSA) is 68.5 Å². The number of hydrogen-bond acceptors (Lipinski definition) is 5. The molecule has 0 radical (unpaired) electrons. The predicted molar refractivity (Wildman–Crippen MR) is 91.4 cm³/mol. The van der Waals surface area contributed by atoms with Crippen LogP contribution >= 0.6 is 0 Å². The van der Waals surface area contributed by atoms with Gasteiger partial charge in [0.25, 0.3) is 0 Å². The van der Waals surface area contributed by atoms with E-state index < -0.39 is 0 Å². The Balaban J connectivity index is 1.59. The first-order valence-electron chi connectivity index (χ1n) is 9.01. The number of carbonyl (C=O) groups is 1. The van der Waals surface area contributed by atoms with Gasteiger partial charge in [0.1, 0.15) is 5.75 Å². The van der Waals surface area contributed by atoms with Crippen LogP contribution in [0.5, 0.6) is 5.75 Å². The van der Waals surface area contributed by atoms with Crippen LogP contribution in [0.2, 0.25) is 0 Å². The molecule has 2 aromatic rings. The summed E-state index contributed by atoms with van der Waals surface area (Å²) >= 11 is 0. The van der Waals surface area contributed by atoms with Gasteiger partial charge in [-0.05, 0) is 25.3 Å². The quantitative estimate of drug-likeness (QED) is 0.855. The predicted octanol–water partition coefficient (Wildman–Crippen LogP) is 3.42. The van der Waals surface area contributed by atoms with E-state index in [9.17, 15) is 4.79 Å². The zero-order chi connectivity index (χ0) is 17.4. The van der Waals surface area contributed by atoms with Gasteiger partial charge in [0.2, 0.25) is 11.8 Å². The molecule has 0 spiro atoms. The Labute approximate surface area is 147 Å². The third kappa shape index (κ3) is 2.90. The largest absolute Gasteiger partial charge is 0.493 e. The van der Waals surface area contributed by atoms with Crippen molar-refractivity contribution >= 4 is 5.91 Å². The summed E-state index contributed by atoms with van der Waals surface area (Å²) < 4.78 is 11.0. The fraction of sp³-hybridized carbons (Fsp3) is 0.526. The number of hydrogen-bond donors (Lipinski definition) is 0. The summed E-state index contributed by atoms with van der Waals surface area (Å²) in [6, 6.07) is 7.75. The van der Waals surface area contributed by atoms with E-state index in [0.717, 1.165) is 30.7 Å². The van der Waals surface area contributed by atoms with Gasteiger partial charge in [-0.3, -0.25) is 4.79 Å². The number of likely N-dealkylation sites (tertiary alicyclic amines) is 1. The number of carbonyl (C=O) groups excluding carboxylic acids is 1. The molecule has 1 aromatic carbocycles. The maximum absolute atomic E-state index is 13.3. The van der Waals surface area contributed by atoms with Crippen LogP contribution in [0, 0.1) is 0 Å². The van der Waals surface area contributed by atoms with E-state index in [1.54, 1.807) is 0 Å². The van der Waals surface area contributed by atoms with Crippen LogP contribution in [-0.4, -0.2) is 34.1 Å². The molecule has 0 aliphatic carbocycles. The van der Waals surface area contributed by atoms with Crippen LogP contribution in [0.3, 0.4) is 0 Å². The van der Waals surface area contributed by atoms with E-state index in [-0.39, 0.29) is 23.8 Å². The molecule has 1 fully saturated rings. The second-order valence-electron chi connectivity index (χ2n) is 7.06. The summed E-state index contributed by atoms with van der Waals surface area (Å²) in [5, 5.41) is 4.14. The normalized spacial score (nSPS) is 22.8. The molecule has 0 N–H and O–H groups in total. The Morgan fingerprint density at radius 1 is 1.28 bits per heavy atom. The molecule has 2 atom stereocenters. The molecule has 6 nitrogen and oxygen atoms in total. The minimum Gasteiger partial charge on any atom is -0.493 e. The minimum atomic E-state index is -0.151. The molecule has 0 saturated carbocycles. The van der Waals surface area contributed by atoms with E-state index in [1.165, 1.54) is 0 Å². The van der Waals surface area contributed by atoms with Gasteiger partial charge in [0.15, 0.2) is 5.82 Å². The van der Waals surface area contributed by atoms with E-state index in [4.69, 9.17) is 9.26 Å². The Morgan fingerprint density at radius 2 is 2.12 bits per heavy atom. The third-order valence-electron chi connectivity index (χ3n) is 5.04. The molecule has 4 rings (SSSR count). The summed E-state index contributed by atoms with van der Waals surface area (Å²) in [6.45, 7) is 5.36. The zero-order valence-corrected chi connectivity index (χ0v) is 14.6. The van der Waals surface area contributed by atoms with Gasteiger partial charge in [-0.2, -0.15) is 4.98 Å². The van der Waals surface area contributed by atoms with Gasteiger partial charge in [0.05, 0.1) is 18.6 Å². The summed E-state index contributed by atoms with van der Waals surface area (Å²) in [4.78, 5) is 19.7. The average molecular weight is 341 g/mol. The molecule has 2 aliphatic heterocycles. The van der Waals surface area contributed by atoms with E-state index in [0.29, 0.717) is 24.7 Å². The van der Waals surface area contributed by atoms with Crippen LogP contribution in [0.4, 0.5) is 0 Å². The molecule has 0 bridgehead atoms. The SMILES string of the molecule is CC(C)c1nc([C@@H]2CCCN2C(=O)[C@@H]2CCOc3ccccc32)no1. The Kier molecular flexibility index (Phi) is 4.19. The zero-order valence-electron chi connectivity index (χ0n) is 14.6. The summed E-state index contributed by atoms with van der Waals surface area (Å²) in [5.74, 6) is 2.27. The van der Waals surface area contributed by atoms with Crippen molar-refractivity contribution in [3.63, 3.8) is 0 Å². The first-order valence-corrected chi connectivity index (χ1v) is 9.01. The number of nitrogens with zero attached hydrogens (tertiary/aromatic N) is 3. The lowest BCUT2D eigenvalue weighted by Crippen LogP contribution is -2.37. The lowest BCUT2D eigenvalue weighted by molar-refractivity contribution is -0.134. The Morgan fingerprint density at radius 3 is 2.92 bits per heavy atom. The lowest BCUT2D eigenvalue weighted by Gasteiger charge is -2.30. The number of ether oxygens (including phenoxy) is 1. The van der Waals surface area contributed by atoms with Crippen molar-refractivity contribution in [2.75, 3.05) is 13.2 Å². The fourth-order valence-corrected chi connectivity index (χ4v) is 3.71. The first-order chi connectivity index (χ1) is 12.1. The number of benzene rings is 1. The summed E-state index contributed by atoms with van der Waals surface area (Å²) in [5.41, 5.74) is 0.986. The standard InChI is InChI=1S/C19H23N3O3/c1-12(2)18-20-17(21-25-18)15-7-5-10-22(15)19(23)14-9-11-24-16-8-4-3-6-13(14)16/h3-4,6,8,12,14-15H,5,7,9-11H2,1-2H3/t14-,15+/m1/s1. The van der Waals surface area contributed by atoms with Crippen molar-refractivity contribution in [3.05, 3.63) is 41.5 Å². The van der Waals surface area contributed by atoms with Gasteiger partial charge in [0, 0.05) is 18.0 Å². The van der Waals surface area contributed by atoms with Crippen molar-refractivity contribution in [2.45, 2.75) is 51.0 Å². The molecule has 0 unspecified atom stereocenters. The molecular formula is C19H23N3O3. The molecule has 1 aromatic heterocycles. The van der Waals surface area contributed by atoms with Crippen LogP contribution in [0.25, 0.3) is 0 Å². The monoisotopic (exact) mass is 341 g/mol. The molecule has 132 valence electrons. The molecule has 25 heavy (non-hydrogen) atoms. The number of amides is 1. The average Bonchev–Trinajstić information content (AvgIpc) is 3.29. The van der Waals surface area contributed by atoms with Crippen molar-refractivity contribution in [2.24, 2.45) is 0 Å². The van der Waals surface area contributed by atoms with E-state index in [1.807, 2.05) is 43.0 Å². The van der Waals surface area contributed by atoms with Crippen molar-refractivity contribution in [1.82, 2.24) is 15.0 Å². The van der Waals surface area contributed by atoms with E-state index in [2.05, 4.69) is 10.1 Å². The Hall–Kier alpha value is -2.37. The highest BCUT2D eigenvalue weighted by Gasteiger charge is 2.38. The Bertz CT molecular complexity index is 771. The minimum absolute atomic E-state index is 0.0845. The molecule has 1 saturated heterocycles. The summed E-state index contributed by atoms with van der Waals surface area (Å²) in [7, 11) is 0. The number of fused-ring (bicyclic) bond motifs is 1. The molecule has 6 heteroatoms. The van der Waals surface area contributed by atoms with Crippen LogP contribution in [-0.2, 0) is 4.79 Å². The third-order valence-corrected chi connectivity index (χ3v) is 5.04. The van der Waals surface area contributed by atoms with Gasteiger partial charge in [-0.1, -0.05) is 37.2 Å². The van der Waals surface area contributed by atoms with Crippen LogP contribution < -0.4 is 4.74 Å². The van der Waals surface area contributed by atoms with Crippen LogP contribution in [0.1, 0.15) is 68.3 Å². The maximum Gasteiger partial charge on any atom is 0.231 e. The van der Waals surface area contributed by atoms with Gasteiger partial charge < -0.3 is 14.2 Å². The molecule has 2 aliphatic rings. The smallest absolute Gasteiger partial charge is 0.231 e. The van der Waals surface area contributed by atoms with Crippen molar-refractivity contribution in [3.8, 4) is 5.75 Å². The highest BCUT2D eigenvalue weighted by atomic mass is 16.5. The maximum atomic E-state index is 13.3. The lowest BCUT2D eigenvalue weighted by atomic mass is 9.91. The fourth-order valence-electron chi connectivity index (χ4n) is 3.71. The second kappa shape index (κ2) is 6.50. The number of aromatic nitrogens is 2. The van der Waals surface area contributed by atoms with Gasteiger partial charge >= 0.3 is 0 Å².